The Kier molecular flexibility index (Phi) is 4.94. The van der Waals surface area contributed by atoms with E-state index < -0.39 is 11.4 Å². The average Bonchev–Trinajstić information content (AvgIpc) is 3.19. The minimum Gasteiger partial charge on any atom is -0.493 e. The first-order chi connectivity index (χ1) is 12.5. The van der Waals surface area contributed by atoms with E-state index in [1.807, 2.05) is 0 Å². The van der Waals surface area contributed by atoms with Gasteiger partial charge in [0.25, 0.3) is 5.91 Å². The van der Waals surface area contributed by atoms with Gasteiger partial charge in [-0.05, 0) is 37.3 Å². The van der Waals surface area contributed by atoms with Crippen molar-refractivity contribution < 1.29 is 24.2 Å². The van der Waals surface area contributed by atoms with Gasteiger partial charge in [0.2, 0.25) is 0 Å². The fourth-order valence-corrected chi connectivity index (χ4v) is 4.45. The van der Waals surface area contributed by atoms with E-state index in [0.717, 1.165) is 18.4 Å². The molecule has 1 aromatic rings. The normalized spacial score (nSPS) is 24.2. The standard InChI is InChI=1S/C20H25NO5/c1-4-6-13-9-14(10-16(25-2)17(13)26-3)18(22)21-11-15-7-5-8-20(15,12-21)19(23)24/h4,9-10,15H,1,5-8,11-12H2,2-3H3,(H,23,24)/t15-,20+/m0/s1. The molecular formula is C20H25NO5. The number of methoxy groups -OCH3 is 2. The number of carbonyl (C=O) groups excluding carboxylic acids is 1. The second-order valence-corrected chi connectivity index (χ2v) is 7.10. The van der Waals surface area contributed by atoms with E-state index in [4.69, 9.17) is 9.47 Å². The number of carboxylic acids is 1. The number of benzene rings is 1. The highest BCUT2D eigenvalue weighted by Gasteiger charge is 2.55. The summed E-state index contributed by atoms with van der Waals surface area (Å²) in [6.07, 6.45) is 4.71. The van der Waals surface area contributed by atoms with Gasteiger partial charge in [-0.2, -0.15) is 0 Å². The monoisotopic (exact) mass is 359 g/mol. The van der Waals surface area contributed by atoms with Crippen molar-refractivity contribution in [3.05, 3.63) is 35.9 Å². The molecule has 1 N–H and O–H groups in total. The minimum absolute atomic E-state index is 0.0386. The Bertz CT molecular complexity index is 744. The molecule has 1 heterocycles. The summed E-state index contributed by atoms with van der Waals surface area (Å²) in [5.41, 5.74) is 0.522. The predicted molar refractivity (Wildman–Crippen MR) is 96.8 cm³/mol. The molecule has 26 heavy (non-hydrogen) atoms. The van der Waals surface area contributed by atoms with Gasteiger partial charge in [0, 0.05) is 24.2 Å². The van der Waals surface area contributed by atoms with Crippen molar-refractivity contribution in [2.75, 3.05) is 27.3 Å². The van der Waals surface area contributed by atoms with Crippen LogP contribution in [-0.4, -0.2) is 49.2 Å². The summed E-state index contributed by atoms with van der Waals surface area (Å²) in [6.45, 7) is 4.52. The number of fused-ring (bicyclic) bond motifs is 1. The minimum atomic E-state index is -0.782. The van der Waals surface area contributed by atoms with E-state index in [1.165, 1.54) is 7.11 Å². The molecule has 2 fully saturated rings. The van der Waals surface area contributed by atoms with Crippen LogP contribution in [0.4, 0.5) is 0 Å². The molecule has 1 aromatic carbocycles. The van der Waals surface area contributed by atoms with Gasteiger partial charge in [0.15, 0.2) is 11.5 Å². The molecule has 0 spiro atoms. The molecule has 2 aliphatic rings. The molecule has 3 rings (SSSR count). The summed E-state index contributed by atoms with van der Waals surface area (Å²) < 4.78 is 10.8. The first-order valence-corrected chi connectivity index (χ1v) is 8.85. The fourth-order valence-electron chi connectivity index (χ4n) is 4.45. The fraction of sp³-hybridized carbons (Fsp3) is 0.500. The molecule has 0 bridgehead atoms. The number of rotatable bonds is 6. The van der Waals surface area contributed by atoms with Gasteiger partial charge in [-0.25, -0.2) is 0 Å². The number of amides is 1. The van der Waals surface area contributed by atoms with E-state index in [1.54, 1.807) is 30.2 Å². The molecule has 6 heteroatoms. The van der Waals surface area contributed by atoms with E-state index in [-0.39, 0.29) is 18.4 Å². The Morgan fingerprint density at radius 2 is 2.15 bits per heavy atom. The van der Waals surface area contributed by atoms with Crippen molar-refractivity contribution in [1.29, 1.82) is 0 Å². The van der Waals surface area contributed by atoms with Crippen LogP contribution >= 0.6 is 0 Å². The number of carbonyl (C=O) groups is 2. The van der Waals surface area contributed by atoms with Gasteiger partial charge in [-0.3, -0.25) is 9.59 Å². The smallest absolute Gasteiger partial charge is 0.311 e. The summed E-state index contributed by atoms with van der Waals surface area (Å²) in [5.74, 6) is 0.171. The average molecular weight is 359 g/mol. The van der Waals surface area contributed by atoms with E-state index >= 15 is 0 Å². The molecular weight excluding hydrogens is 334 g/mol. The quantitative estimate of drug-likeness (QED) is 0.791. The summed E-state index contributed by atoms with van der Waals surface area (Å²) in [5, 5.41) is 9.72. The second kappa shape index (κ2) is 7.02. The summed E-state index contributed by atoms with van der Waals surface area (Å²) >= 11 is 0. The van der Waals surface area contributed by atoms with Crippen LogP contribution in [0.25, 0.3) is 0 Å². The zero-order valence-corrected chi connectivity index (χ0v) is 15.3. The zero-order chi connectivity index (χ0) is 18.9. The highest BCUT2D eigenvalue weighted by atomic mass is 16.5. The molecule has 6 nitrogen and oxygen atoms in total. The van der Waals surface area contributed by atoms with E-state index in [9.17, 15) is 14.7 Å². The molecule has 1 saturated heterocycles. The molecule has 1 amide bonds. The lowest BCUT2D eigenvalue weighted by molar-refractivity contribution is -0.149. The molecule has 140 valence electrons. The van der Waals surface area contributed by atoms with Crippen molar-refractivity contribution in [3.63, 3.8) is 0 Å². The van der Waals surface area contributed by atoms with Crippen molar-refractivity contribution in [1.82, 2.24) is 4.90 Å². The van der Waals surface area contributed by atoms with Gasteiger partial charge in [-0.15, -0.1) is 6.58 Å². The van der Waals surface area contributed by atoms with Crippen LogP contribution in [-0.2, 0) is 11.2 Å². The Balaban J connectivity index is 1.92. The first kappa shape index (κ1) is 18.3. The molecule has 1 aliphatic carbocycles. The van der Waals surface area contributed by atoms with Crippen molar-refractivity contribution >= 4 is 11.9 Å². The Labute approximate surface area is 153 Å². The number of hydrogen-bond donors (Lipinski definition) is 1. The van der Waals surface area contributed by atoms with Gasteiger partial charge in [-0.1, -0.05) is 12.5 Å². The molecule has 2 atom stereocenters. The van der Waals surface area contributed by atoms with Crippen LogP contribution in [0.15, 0.2) is 24.8 Å². The van der Waals surface area contributed by atoms with Crippen molar-refractivity contribution in [3.8, 4) is 11.5 Å². The highest BCUT2D eigenvalue weighted by Crippen LogP contribution is 2.49. The lowest BCUT2D eigenvalue weighted by atomic mass is 9.81. The third-order valence-electron chi connectivity index (χ3n) is 5.75. The number of likely N-dealkylation sites (tertiary alicyclic amines) is 1. The molecule has 1 aliphatic heterocycles. The van der Waals surface area contributed by atoms with Gasteiger partial charge < -0.3 is 19.5 Å². The summed E-state index contributed by atoms with van der Waals surface area (Å²) in [7, 11) is 3.09. The SMILES string of the molecule is C=CCc1cc(C(=O)N2C[C@@H]3CCC[C@@]3(C(=O)O)C2)cc(OC)c1OC. The van der Waals surface area contributed by atoms with Crippen LogP contribution in [0.3, 0.4) is 0 Å². The van der Waals surface area contributed by atoms with Crippen molar-refractivity contribution in [2.24, 2.45) is 11.3 Å². The van der Waals surface area contributed by atoms with Crippen LogP contribution in [0.2, 0.25) is 0 Å². The Morgan fingerprint density at radius 1 is 1.38 bits per heavy atom. The zero-order valence-electron chi connectivity index (χ0n) is 15.3. The lowest BCUT2D eigenvalue weighted by Crippen LogP contribution is -2.37. The topological polar surface area (TPSA) is 76.1 Å². The van der Waals surface area contributed by atoms with E-state index in [0.29, 0.717) is 36.4 Å². The Morgan fingerprint density at radius 3 is 2.73 bits per heavy atom. The second-order valence-electron chi connectivity index (χ2n) is 7.10. The maximum Gasteiger partial charge on any atom is 0.311 e. The molecule has 1 saturated carbocycles. The maximum absolute atomic E-state index is 13.1. The highest BCUT2D eigenvalue weighted by molar-refractivity contribution is 5.96. The van der Waals surface area contributed by atoms with Crippen LogP contribution in [0, 0.1) is 11.3 Å². The number of carboxylic acid groups (broad SMARTS) is 1. The van der Waals surface area contributed by atoms with Gasteiger partial charge >= 0.3 is 5.97 Å². The van der Waals surface area contributed by atoms with Gasteiger partial charge in [0.1, 0.15) is 0 Å². The summed E-state index contributed by atoms with van der Waals surface area (Å²) in [4.78, 5) is 26.6. The third-order valence-corrected chi connectivity index (χ3v) is 5.75. The summed E-state index contributed by atoms with van der Waals surface area (Å²) in [6, 6.07) is 3.45. The van der Waals surface area contributed by atoms with Gasteiger partial charge in [0.05, 0.1) is 19.6 Å². The van der Waals surface area contributed by atoms with Crippen LogP contribution in [0.5, 0.6) is 11.5 Å². The van der Waals surface area contributed by atoms with E-state index in [2.05, 4.69) is 6.58 Å². The lowest BCUT2D eigenvalue weighted by Gasteiger charge is -2.23. The molecule has 0 aromatic heterocycles. The van der Waals surface area contributed by atoms with Crippen LogP contribution in [0.1, 0.15) is 35.2 Å². The first-order valence-electron chi connectivity index (χ1n) is 8.85. The number of nitrogens with zero attached hydrogens (tertiary/aromatic N) is 1. The molecule has 0 radical (unpaired) electrons. The number of allylic oxidation sites excluding steroid dienone is 1. The predicted octanol–water partition coefficient (Wildman–Crippen LogP) is 2.76. The number of ether oxygens (including phenoxy) is 2. The van der Waals surface area contributed by atoms with Crippen LogP contribution < -0.4 is 9.47 Å². The largest absolute Gasteiger partial charge is 0.493 e. The number of hydrogen-bond acceptors (Lipinski definition) is 4. The Hall–Kier alpha value is -2.50. The molecule has 0 unspecified atom stereocenters. The number of aliphatic carboxylic acids is 1. The van der Waals surface area contributed by atoms with Crippen molar-refractivity contribution in [2.45, 2.75) is 25.7 Å². The maximum atomic E-state index is 13.1. The third kappa shape index (κ3) is 2.83.